The maximum Gasteiger partial charge on any atom is 0.256 e. The predicted molar refractivity (Wildman–Crippen MR) is 72.2 cm³/mol. The van der Waals surface area contributed by atoms with Crippen molar-refractivity contribution in [1.29, 1.82) is 0 Å². The van der Waals surface area contributed by atoms with Gasteiger partial charge in [0.2, 0.25) is 0 Å². The Hall–Kier alpha value is -2.07. The van der Waals surface area contributed by atoms with E-state index in [1.807, 2.05) is 0 Å². The average molecular weight is 280 g/mol. The number of phenolic OH excluding ortho intramolecular Hbond substituents is 1. The standard InChI is InChI=1S/C14H11ClFNO2/c1-8-10(3-2-4-13(8)18)14(19)17-12-7-9(16)5-6-11(12)15/h2-7,18H,1H3,(H,17,19). The molecule has 0 bridgehead atoms. The molecule has 2 aromatic rings. The average Bonchev–Trinajstić information content (AvgIpc) is 2.37. The van der Waals surface area contributed by atoms with Crippen LogP contribution in [0.4, 0.5) is 10.1 Å². The van der Waals surface area contributed by atoms with Crippen molar-refractivity contribution in [2.75, 3.05) is 5.32 Å². The van der Waals surface area contributed by atoms with Crippen molar-refractivity contribution < 1.29 is 14.3 Å². The van der Waals surface area contributed by atoms with E-state index in [4.69, 9.17) is 11.6 Å². The smallest absolute Gasteiger partial charge is 0.256 e. The molecule has 19 heavy (non-hydrogen) atoms. The van der Waals surface area contributed by atoms with Crippen LogP contribution in [0.1, 0.15) is 15.9 Å². The Morgan fingerprint density at radius 2 is 2.05 bits per heavy atom. The van der Waals surface area contributed by atoms with Crippen LogP contribution in [0.5, 0.6) is 5.75 Å². The number of halogens is 2. The molecule has 3 nitrogen and oxygen atoms in total. The van der Waals surface area contributed by atoms with Gasteiger partial charge in [-0.2, -0.15) is 0 Å². The van der Waals surface area contributed by atoms with Crippen LogP contribution in [0, 0.1) is 12.7 Å². The van der Waals surface area contributed by atoms with Crippen molar-refractivity contribution in [2.45, 2.75) is 6.92 Å². The number of nitrogens with one attached hydrogen (secondary N) is 1. The van der Waals surface area contributed by atoms with Gasteiger partial charge in [0.15, 0.2) is 0 Å². The summed E-state index contributed by atoms with van der Waals surface area (Å²) in [5, 5.41) is 12.3. The van der Waals surface area contributed by atoms with E-state index in [9.17, 15) is 14.3 Å². The topological polar surface area (TPSA) is 49.3 Å². The van der Waals surface area contributed by atoms with Gasteiger partial charge >= 0.3 is 0 Å². The second-order valence-corrected chi connectivity index (χ2v) is 4.44. The highest BCUT2D eigenvalue weighted by Crippen LogP contribution is 2.25. The number of hydrogen-bond acceptors (Lipinski definition) is 2. The molecule has 0 aliphatic carbocycles. The number of hydrogen-bond donors (Lipinski definition) is 2. The Morgan fingerprint density at radius 3 is 2.79 bits per heavy atom. The summed E-state index contributed by atoms with van der Waals surface area (Å²) in [7, 11) is 0. The summed E-state index contributed by atoms with van der Waals surface area (Å²) >= 11 is 5.87. The number of benzene rings is 2. The molecule has 1 amide bonds. The van der Waals surface area contributed by atoms with Crippen LogP contribution in [-0.4, -0.2) is 11.0 Å². The van der Waals surface area contributed by atoms with Crippen LogP contribution in [0.25, 0.3) is 0 Å². The molecule has 2 N–H and O–H groups in total. The van der Waals surface area contributed by atoms with Crippen LogP contribution in [-0.2, 0) is 0 Å². The lowest BCUT2D eigenvalue weighted by atomic mass is 10.1. The Bertz CT molecular complexity index is 643. The summed E-state index contributed by atoms with van der Waals surface area (Å²) in [6.45, 7) is 1.62. The summed E-state index contributed by atoms with van der Waals surface area (Å²) in [6, 6.07) is 8.32. The maximum absolute atomic E-state index is 13.1. The van der Waals surface area contributed by atoms with Gasteiger partial charge in [0, 0.05) is 11.1 Å². The third-order valence-corrected chi connectivity index (χ3v) is 3.06. The third kappa shape index (κ3) is 2.85. The molecule has 0 saturated carbocycles. The molecule has 98 valence electrons. The molecule has 0 fully saturated rings. The van der Waals surface area contributed by atoms with Crippen molar-refractivity contribution in [3.8, 4) is 5.75 Å². The van der Waals surface area contributed by atoms with E-state index in [1.54, 1.807) is 19.1 Å². The first-order valence-electron chi connectivity index (χ1n) is 5.54. The predicted octanol–water partition coefficient (Wildman–Crippen LogP) is 3.75. The van der Waals surface area contributed by atoms with Crippen molar-refractivity contribution in [3.63, 3.8) is 0 Å². The maximum atomic E-state index is 13.1. The summed E-state index contributed by atoms with van der Waals surface area (Å²) in [5.74, 6) is -0.925. The first-order valence-corrected chi connectivity index (χ1v) is 5.92. The van der Waals surface area contributed by atoms with Gasteiger partial charge in [0.1, 0.15) is 11.6 Å². The zero-order valence-electron chi connectivity index (χ0n) is 10.1. The highest BCUT2D eigenvalue weighted by molar-refractivity contribution is 6.33. The number of amides is 1. The molecule has 2 rings (SSSR count). The SMILES string of the molecule is Cc1c(O)cccc1C(=O)Nc1cc(F)ccc1Cl. The fourth-order valence-corrected chi connectivity index (χ4v) is 1.82. The van der Waals surface area contributed by atoms with Gasteiger partial charge < -0.3 is 10.4 Å². The summed E-state index contributed by atoms with van der Waals surface area (Å²) in [6.07, 6.45) is 0. The van der Waals surface area contributed by atoms with Crippen LogP contribution in [0.3, 0.4) is 0 Å². The number of phenols is 1. The molecule has 0 heterocycles. The molecule has 0 unspecified atom stereocenters. The number of anilines is 1. The molecule has 0 atom stereocenters. The van der Waals surface area contributed by atoms with Crippen molar-refractivity contribution in [3.05, 3.63) is 58.4 Å². The second kappa shape index (κ2) is 5.28. The highest BCUT2D eigenvalue weighted by atomic mass is 35.5. The fourth-order valence-electron chi connectivity index (χ4n) is 1.65. The van der Waals surface area contributed by atoms with Gasteiger partial charge in [-0.05, 0) is 37.3 Å². The van der Waals surface area contributed by atoms with E-state index in [-0.39, 0.29) is 16.5 Å². The summed E-state index contributed by atoms with van der Waals surface area (Å²) in [5.41, 5.74) is 0.947. The van der Waals surface area contributed by atoms with E-state index >= 15 is 0 Å². The molecule has 0 saturated heterocycles. The van der Waals surface area contributed by atoms with Gasteiger partial charge in [-0.1, -0.05) is 17.7 Å². The Balaban J connectivity index is 2.31. The second-order valence-electron chi connectivity index (χ2n) is 4.03. The number of carbonyl (C=O) groups is 1. The van der Waals surface area contributed by atoms with Crippen molar-refractivity contribution in [1.82, 2.24) is 0 Å². The third-order valence-electron chi connectivity index (χ3n) is 2.73. The van der Waals surface area contributed by atoms with Gasteiger partial charge in [-0.3, -0.25) is 4.79 Å². The van der Waals surface area contributed by atoms with E-state index in [2.05, 4.69) is 5.32 Å². The van der Waals surface area contributed by atoms with Crippen LogP contribution < -0.4 is 5.32 Å². The van der Waals surface area contributed by atoms with Gasteiger partial charge in [0.05, 0.1) is 10.7 Å². The molecule has 0 aromatic heterocycles. The van der Waals surface area contributed by atoms with Gasteiger partial charge in [-0.25, -0.2) is 4.39 Å². The lowest BCUT2D eigenvalue weighted by molar-refractivity contribution is 0.102. The lowest BCUT2D eigenvalue weighted by Gasteiger charge is -2.10. The summed E-state index contributed by atoms with van der Waals surface area (Å²) < 4.78 is 13.1. The van der Waals surface area contributed by atoms with E-state index in [0.29, 0.717) is 11.1 Å². The van der Waals surface area contributed by atoms with Gasteiger partial charge in [-0.15, -0.1) is 0 Å². The Kier molecular flexibility index (Phi) is 3.71. The monoisotopic (exact) mass is 279 g/mol. The molecule has 0 radical (unpaired) electrons. The minimum Gasteiger partial charge on any atom is -0.508 e. The lowest BCUT2D eigenvalue weighted by Crippen LogP contribution is -2.13. The molecule has 0 aliphatic heterocycles. The first kappa shape index (κ1) is 13.4. The van der Waals surface area contributed by atoms with Crippen LogP contribution in [0.2, 0.25) is 5.02 Å². The quantitative estimate of drug-likeness (QED) is 0.880. The number of aromatic hydroxyl groups is 1. The van der Waals surface area contributed by atoms with Crippen LogP contribution >= 0.6 is 11.6 Å². The van der Waals surface area contributed by atoms with E-state index in [0.717, 1.165) is 6.07 Å². The molecular weight excluding hydrogens is 269 g/mol. The molecular formula is C14H11ClFNO2. The zero-order chi connectivity index (χ0) is 14.0. The fraction of sp³-hybridized carbons (Fsp3) is 0.0714. The minimum absolute atomic E-state index is 0.0259. The normalized spacial score (nSPS) is 10.3. The van der Waals surface area contributed by atoms with Crippen molar-refractivity contribution >= 4 is 23.2 Å². The number of rotatable bonds is 2. The first-order chi connectivity index (χ1) is 8.99. The molecule has 2 aromatic carbocycles. The number of carbonyl (C=O) groups excluding carboxylic acids is 1. The molecule has 0 aliphatic rings. The summed E-state index contributed by atoms with van der Waals surface area (Å²) in [4.78, 5) is 12.0. The van der Waals surface area contributed by atoms with Crippen molar-refractivity contribution in [2.24, 2.45) is 0 Å². The molecule has 0 spiro atoms. The van der Waals surface area contributed by atoms with E-state index < -0.39 is 11.7 Å². The zero-order valence-corrected chi connectivity index (χ0v) is 10.8. The highest BCUT2D eigenvalue weighted by Gasteiger charge is 2.13. The Morgan fingerprint density at radius 1 is 1.32 bits per heavy atom. The van der Waals surface area contributed by atoms with Gasteiger partial charge in [0.25, 0.3) is 5.91 Å². The van der Waals surface area contributed by atoms with Crippen LogP contribution in [0.15, 0.2) is 36.4 Å². The molecule has 5 heteroatoms. The minimum atomic E-state index is -0.493. The largest absolute Gasteiger partial charge is 0.508 e. The Labute approximate surface area is 114 Å². The van der Waals surface area contributed by atoms with E-state index in [1.165, 1.54) is 18.2 Å².